The van der Waals surface area contributed by atoms with Gasteiger partial charge in [0.05, 0.1) is 36.2 Å². The number of nitrogens with one attached hydrogen (secondary N) is 3. The van der Waals surface area contributed by atoms with Crippen molar-refractivity contribution in [3.05, 3.63) is 94.5 Å². The maximum atomic E-state index is 13.3. The number of carbonyl (C=O) groups is 3. The predicted molar refractivity (Wildman–Crippen MR) is 164 cm³/mol. The molecule has 7 rings (SSSR count). The Morgan fingerprint density at radius 3 is 2.40 bits per heavy atom. The summed E-state index contributed by atoms with van der Waals surface area (Å²) < 4.78 is 4.90. The highest BCUT2D eigenvalue weighted by molar-refractivity contribution is 6.37. The first kappa shape index (κ1) is 28.3. The number of hydrogen-bond donors (Lipinski definition) is 3. The van der Waals surface area contributed by atoms with Gasteiger partial charge < -0.3 is 20.8 Å². The summed E-state index contributed by atoms with van der Waals surface area (Å²) in [5, 5.41) is 15.5. The molecule has 0 spiro atoms. The molecule has 43 heavy (non-hydrogen) atoms. The summed E-state index contributed by atoms with van der Waals surface area (Å²) in [6.07, 6.45) is 2.07. The number of anilines is 2. The summed E-state index contributed by atoms with van der Waals surface area (Å²) in [6, 6.07) is 20.5. The van der Waals surface area contributed by atoms with Crippen molar-refractivity contribution < 1.29 is 24.0 Å². The molecule has 2 unspecified atom stereocenters. The van der Waals surface area contributed by atoms with E-state index >= 15 is 0 Å². The first-order valence-corrected chi connectivity index (χ1v) is 14.2. The Bertz CT molecular complexity index is 1640. The fourth-order valence-corrected chi connectivity index (χ4v) is 6.14. The van der Waals surface area contributed by atoms with Crippen LogP contribution in [0.2, 0.25) is 0 Å². The molecule has 2 amide bonds. The fourth-order valence-electron chi connectivity index (χ4n) is 6.14. The van der Waals surface area contributed by atoms with E-state index in [1.165, 1.54) is 12.2 Å². The third-order valence-electron chi connectivity index (χ3n) is 8.38. The lowest BCUT2D eigenvalue weighted by Crippen LogP contribution is -2.58. The maximum Gasteiger partial charge on any atom is 0.338 e. The number of aryl methyl sites for hydroxylation is 1. The number of nitrogens with zero attached hydrogens (tertiary/aromatic N) is 2. The Kier molecular flexibility index (Phi) is 7.55. The molecule has 1 saturated carbocycles. The van der Waals surface area contributed by atoms with E-state index < -0.39 is 5.97 Å². The summed E-state index contributed by atoms with van der Waals surface area (Å²) in [7, 11) is 2.93. The number of hydroxylamine groups is 2. The smallest absolute Gasteiger partial charge is 0.338 e. The number of ether oxygens (including phenoxy) is 1. The number of carbonyl (C=O) groups excluding carboxylic acids is 3. The molecule has 2 atom stereocenters. The van der Waals surface area contributed by atoms with E-state index in [2.05, 4.69) is 15.5 Å². The van der Waals surface area contributed by atoms with Crippen LogP contribution in [0.4, 0.5) is 11.4 Å². The SMILES string of the molecule is COC(=O)c1cc2c(cc1C)/C(=C(/Nc1ccc(C(=O)N(C)OCCN3C4CCC3C4=N)cc1)c1ccccc1)C(=O)N2. The number of fused-ring (bicyclic) bond motifs is 2. The lowest BCUT2D eigenvalue weighted by Gasteiger charge is -2.41. The molecular formula is C33H33N5O5. The lowest BCUT2D eigenvalue weighted by molar-refractivity contribution is -0.112. The highest BCUT2D eigenvalue weighted by Crippen LogP contribution is 2.39. The summed E-state index contributed by atoms with van der Waals surface area (Å²) >= 11 is 0. The first-order chi connectivity index (χ1) is 20.8. The topological polar surface area (TPSA) is 124 Å². The van der Waals surface area contributed by atoms with Gasteiger partial charge in [0.15, 0.2) is 0 Å². The van der Waals surface area contributed by atoms with Crippen molar-refractivity contribution in [1.82, 2.24) is 9.96 Å². The van der Waals surface area contributed by atoms with E-state index in [1.54, 1.807) is 44.3 Å². The Morgan fingerprint density at radius 1 is 1.05 bits per heavy atom. The van der Waals surface area contributed by atoms with Gasteiger partial charge in [0, 0.05) is 48.2 Å². The Morgan fingerprint density at radius 2 is 1.74 bits per heavy atom. The summed E-state index contributed by atoms with van der Waals surface area (Å²) in [6.45, 7) is 2.87. The van der Waals surface area contributed by atoms with E-state index in [1.807, 2.05) is 36.4 Å². The molecule has 10 nitrogen and oxygen atoms in total. The number of amides is 2. The van der Waals surface area contributed by atoms with Crippen molar-refractivity contribution in [3.63, 3.8) is 0 Å². The second-order valence-corrected chi connectivity index (χ2v) is 10.9. The standard InChI is InChI=1S/C33H33N5O5/c1-19-17-24-25(18-23(19)33(41)42-3)36-31(39)28(24)30(20-7-5-4-6-8-20)35-22-11-9-21(10-12-22)32(40)37(2)43-16-15-38-26-13-14-27(38)29(26)34/h4-12,17-18,26-27,34-35H,13-16H2,1-3H3,(H,36,39)/b30-28-,34-29?. The highest BCUT2D eigenvalue weighted by Gasteiger charge is 2.49. The van der Waals surface area contributed by atoms with Gasteiger partial charge in [-0.1, -0.05) is 30.3 Å². The van der Waals surface area contributed by atoms with E-state index in [0.717, 1.165) is 24.1 Å². The first-order valence-electron chi connectivity index (χ1n) is 14.2. The molecule has 10 heteroatoms. The van der Waals surface area contributed by atoms with Crippen LogP contribution in [0.3, 0.4) is 0 Å². The van der Waals surface area contributed by atoms with Crippen LogP contribution >= 0.6 is 0 Å². The summed E-state index contributed by atoms with van der Waals surface area (Å²) in [5.74, 6) is -1.03. The molecule has 3 fully saturated rings. The number of methoxy groups -OCH3 is 1. The van der Waals surface area contributed by atoms with E-state index in [4.69, 9.17) is 15.0 Å². The minimum Gasteiger partial charge on any atom is -0.465 e. The van der Waals surface area contributed by atoms with Crippen LogP contribution in [0.15, 0.2) is 66.7 Å². The number of rotatable bonds is 9. The molecule has 0 radical (unpaired) electrons. The van der Waals surface area contributed by atoms with Gasteiger partial charge in [0.25, 0.3) is 11.8 Å². The molecule has 4 aliphatic rings. The molecule has 1 aliphatic carbocycles. The average molecular weight is 580 g/mol. The summed E-state index contributed by atoms with van der Waals surface area (Å²) in [5.41, 5.74) is 6.10. The monoisotopic (exact) mass is 579 g/mol. The van der Waals surface area contributed by atoms with Crippen molar-refractivity contribution in [2.75, 3.05) is 37.9 Å². The Balaban J connectivity index is 1.21. The third-order valence-corrected chi connectivity index (χ3v) is 8.38. The lowest BCUT2D eigenvalue weighted by atomic mass is 9.96. The van der Waals surface area contributed by atoms with Gasteiger partial charge in [0.1, 0.15) is 0 Å². The molecular weight excluding hydrogens is 546 g/mol. The molecule has 3 aromatic rings. The second kappa shape index (κ2) is 11.5. The van der Waals surface area contributed by atoms with Gasteiger partial charge in [-0.2, -0.15) is 0 Å². The van der Waals surface area contributed by atoms with Crippen LogP contribution in [0, 0.1) is 12.3 Å². The molecule has 3 N–H and O–H groups in total. The number of esters is 1. The highest BCUT2D eigenvalue weighted by atomic mass is 16.7. The minimum atomic E-state index is -0.469. The van der Waals surface area contributed by atoms with Crippen molar-refractivity contribution >= 4 is 46.1 Å². The maximum absolute atomic E-state index is 13.3. The minimum absolute atomic E-state index is 0.246. The molecule has 0 aromatic heterocycles. The second-order valence-electron chi connectivity index (χ2n) is 10.9. The molecule has 3 aromatic carbocycles. The van der Waals surface area contributed by atoms with Crippen LogP contribution in [-0.4, -0.2) is 72.9 Å². The quantitative estimate of drug-likeness (QED) is 0.193. The summed E-state index contributed by atoms with van der Waals surface area (Å²) in [4.78, 5) is 46.5. The van der Waals surface area contributed by atoms with Crippen molar-refractivity contribution in [2.24, 2.45) is 0 Å². The van der Waals surface area contributed by atoms with Crippen LogP contribution in [-0.2, 0) is 14.4 Å². The molecule has 2 bridgehead atoms. The zero-order chi connectivity index (χ0) is 30.2. The molecule has 220 valence electrons. The van der Waals surface area contributed by atoms with Gasteiger partial charge in [-0.25, -0.2) is 9.86 Å². The van der Waals surface area contributed by atoms with Crippen LogP contribution < -0.4 is 10.6 Å². The number of hydrogen-bond acceptors (Lipinski definition) is 8. The van der Waals surface area contributed by atoms with E-state index in [0.29, 0.717) is 58.1 Å². The van der Waals surface area contributed by atoms with E-state index in [9.17, 15) is 14.4 Å². The van der Waals surface area contributed by atoms with Crippen molar-refractivity contribution in [2.45, 2.75) is 31.8 Å². The van der Waals surface area contributed by atoms with Gasteiger partial charge in [-0.05, 0) is 67.3 Å². The molecule has 3 aliphatic heterocycles. The zero-order valence-electron chi connectivity index (χ0n) is 24.3. The predicted octanol–water partition coefficient (Wildman–Crippen LogP) is 4.58. The Labute approximate surface area is 249 Å². The largest absolute Gasteiger partial charge is 0.465 e. The normalized spacial score (nSPS) is 19.8. The van der Waals surface area contributed by atoms with Crippen LogP contribution in [0.1, 0.15) is 50.2 Å². The van der Waals surface area contributed by atoms with Gasteiger partial charge in [-0.15, -0.1) is 0 Å². The van der Waals surface area contributed by atoms with Gasteiger partial charge >= 0.3 is 5.97 Å². The van der Waals surface area contributed by atoms with Crippen LogP contribution in [0.5, 0.6) is 0 Å². The van der Waals surface area contributed by atoms with Crippen molar-refractivity contribution in [1.29, 1.82) is 5.41 Å². The van der Waals surface area contributed by atoms with Gasteiger partial charge in [-0.3, -0.25) is 19.3 Å². The molecule has 2 saturated heterocycles. The third kappa shape index (κ3) is 5.19. The Hall–Kier alpha value is -4.80. The molecule has 3 heterocycles. The zero-order valence-corrected chi connectivity index (χ0v) is 24.3. The number of benzene rings is 3. The average Bonchev–Trinajstić information content (AvgIpc) is 3.72. The van der Waals surface area contributed by atoms with Crippen LogP contribution in [0.25, 0.3) is 11.3 Å². The van der Waals surface area contributed by atoms with Gasteiger partial charge in [0.2, 0.25) is 0 Å². The van der Waals surface area contributed by atoms with Crippen molar-refractivity contribution in [3.8, 4) is 0 Å². The van der Waals surface area contributed by atoms with E-state index in [-0.39, 0.29) is 23.9 Å². The fraction of sp³-hybridized carbons (Fsp3) is 0.273.